The molecule has 0 amide bonds. The van der Waals surface area contributed by atoms with E-state index in [4.69, 9.17) is 0 Å². The second-order valence-corrected chi connectivity index (χ2v) is 7.00. The smallest absolute Gasteiger partial charge is 0.240 e. The molecule has 0 heterocycles. The molecule has 5 nitrogen and oxygen atoms in total. The SMILES string of the molecule is CCC(O)c1cccc(S(=O)(=O)NC(C)CN(C)C)c1. The minimum Gasteiger partial charge on any atom is -0.388 e. The Morgan fingerprint density at radius 1 is 1.35 bits per heavy atom. The van der Waals surface area contributed by atoms with Gasteiger partial charge in [0.05, 0.1) is 11.0 Å². The normalized spacial score (nSPS) is 15.3. The summed E-state index contributed by atoms with van der Waals surface area (Å²) >= 11 is 0. The highest BCUT2D eigenvalue weighted by Crippen LogP contribution is 2.20. The Bertz CT molecular complexity index is 529. The van der Waals surface area contributed by atoms with Crippen LogP contribution in [0.5, 0.6) is 0 Å². The first kappa shape index (κ1) is 17.1. The molecule has 2 N–H and O–H groups in total. The highest BCUT2D eigenvalue weighted by Gasteiger charge is 2.19. The summed E-state index contributed by atoms with van der Waals surface area (Å²) in [6.07, 6.45) is -0.0853. The molecule has 0 spiro atoms. The third kappa shape index (κ3) is 4.86. The van der Waals surface area contributed by atoms with Crippen LogP contribution in [0.2, 0.25) is 0 Å². The van der Waals surface area contributed by atoms with Crippen molar-refractivity contribution in [1.82, 2.24) is 9.62 Å². The molecule has 2 unspecified atom stereocenters. The van der Waals surface area contributed by atoms with Gasteiger partial charge in [0.15, 0.2) is 0 Å². The summed E-state index contributed by atoms with van der Waals surface area (Å²) in [5.41, 5.74) is 0.621. The summed E-state index contributed by atoms with van der Waals surface area (Å²) in [6, 6.07) is 6.26. The van der Waals surface area contributed by atoms with Gasteiger partial charge in [0.1, 0.15) is 0 Å². The van der Waals surface area contributed by atoms with Gasteiger partial charge in [-0.2, -0.15) is 0 Å². The van der Waals surface area contributed by atoms with Gasteiger partial charge < -0.3 is 10.0 Å². The first-order valence-corrected chi connectivity index (χ1v) is 8.19. The van der Waals surface area contributed by atoms with E-state index in [-0.39, 0.29) is 10.9 Å². The molecule has 0 radical (unpaired) electrons. The van der Waals surface area contributed by atoms with Crippen molar-refractivity contribution in [3.8, 4) is 0 Å². The molecule has 0 fully saturated rings. The van der Waals surface area contributed by atoms with E-state index in [0.29, 0.717) is 18.5 Å². The van der Waals surface area contributed by atoms with Gasteiger partial charge in [-0.05, 0) is 45.1 Å². The first-order chi connectivity index (χ1) is 9.26. The fourth-order valence-corrected chi connectivity index (χ4v) is 3.33. The second kappa shape index (κ2) is 7.17. The number of nitrogens with one attached hydrogen (secondary N) is 1. The van der Waals surface area contributed by atoms with Crippen molar-refractivity contribution in [3.05, 3.63) is 29.8 Å². The zero-order chi connectivity index (χ0) is 15.3. The Balaban J connectivity index is 2.92. The molecule has 1 aromatic rings. The van der Waals surface area contributed by atoms with Crippen LogP contribution in [0.15, 0.2) is 29.2 Å². The zero-order valence-electron chi connectivity index (χ0n) is 12.5. The molecular weight excluding hydrogens is 276 g/mol. The lowest BCUT2D eigenvalue weighted by Crippen LogP contribution is -2.39. The molecule has 2 atom stereocenters. The molecular formula is C14H24N2O3S. The fourth-order valence-electron chi connectivity index (χ4n) is 2.04. The number of nitrogens with zero attached hydrogens (tertiary/aromatic N) is 1. The van der Waals surface area contributed by atoms with Crippen molar-refractivity contribution >= 4 is 10.0 Å². The number of hydrogen-bond acceptors (Lipinski definition) is 4. The highest BCUT2D eigenvalue weighted by atomic mass is 32.2. The van der Waals surface area contributed by atoms with Crippen LogP contribution in [-0.2, 0) is 10.0 Å². The van der Waals surface area contributed by atoms with Crippen LogP contribution >= 0.6 is 0 Å². The van der Waals surface area contributed by atoms with E-state index in [1.807, 2.05) is 32.8 Å². The molecule has 1 rings (SSSR count). The third-order valence-corrected chi connectivity index (χ3v) is 4.52. The van der Waals surface area contributed by atoms with Crippen LogP contribution in [0, 0.1) is 0 Å². The van der Waals surface area contributed by atoms with E-state index < -0.39 is 16.1 Å². The number of aliphatic hydroxyl groups is 1. The minimum absolute atomic E-state index is 0.185. The molecule has 6 heteroatoms. The molecule has 0 aromatic heterocycles. The topological polar surface area (TPSA) is 69.6 Å². The van der Waals surface area contributed by atoms with E-state index in [0.717, 1.165) is 0 Å². The van der Waals surface area contributed by atoms with Crippen molar-refractivity contribution in [2.75, 3.05) is 20.6 Å². The summed E-state index contributed by atoms with van der Waals surface area (Å²) in [5, 5.41) is 9.80. The molecule has 20 heavy (non-hydrogen) atoms. The van der Waals surface area contributed by atoms with E-state index in [2.05, 4.69) is 4.72 Å². The Morgan fingerprint density at radius 3 is 2.55 bits per heavy atom. The van der Waals surface area contributed by atoms with Gasteiger partial charge in [0.25, 0.3) is 0 Å². The zero-order valence-corrected chi connectivity index (χ0v) is 13.3. The molecule has 0 saturated heterocycles. The lowest BCUT2D eigenvalue weighted by Gasteiger charge is -2.18. The van der Waals surface area contributed by atoms with Gasteiger partial charge in [0, 0.05) is 12.6 Å². The molecule has 0 aliphatic heterocycles. The molecule has 114 valence electrons. The summed E-state index contributed by atoms with van der Waals surface area (Å²) in [5.74, 6) is 0. The molecule has 0 bridgehead atoms. The lowest BCUT2D eigenvalue weighted by molar-refractivity contribution is 0.173. The van der Waals surface area contributed by atoms with Crippen LogP contribution < -0.4 is 4.72 Å². The summed E-state index contributed by atoms with van der Waals surface area (Å²) in [7, 11) is 0.227. The first-order valence-electron chi connectivity index (χ1n) is 6.71. The van der Waals surface area contributed by atoms with Crippen molar-refractivity contribution in [3.63, 3.8) is 0 Å². The van der Waals surface area contributed by atoms with Gasteiger partial charge in [-0.3, -0.25) is 0 Å². The number of hydrogen-bond donors (Lipinski definition) is 2. The van der Waals surface area contributed by atoms with E-state index in [9.17, 15) is 13.5 Å². The average Bonchev–Trinajstić information content (AvgIpc) is 2.36. The second-order valence-electron chi connectivity index (χ2n) is 5.28. The summed E-state index contributed by atoms with van der Waals surface area (Å²) in [4.78, 5) is 2.11. The average molecular weight is 300 g/mol. The van der Waals surface area contributed by atoms with E-state index >= 15 is 0 Å². The summed E-state index contributed by atoms with van der Waals surface area (Å²) < 4.78 is 27.2. The van der Waals surface area contributed by atoms with E-state index in [1.165, 1.54) is 12.1 Å². The quantitative estimate of drug-likeness (QED) is 0.798. The molecule has 0 aliphatic rings. The van der Waals surface area contributed by atoms with Crippen LogP contribution in [0.3, 0.4) is 0 Å². The molecule has 0 aliphatic carbocycles. The van der Waals surface area contributed by atoms with Gasteiger partial charge in [-0.25, -0.2) is 13.1 Å². The maximum Gasteiger partial charge on any atom is 0.240 e. The predicted molar refractivity (Wildman–Crippen MR) is 80.0 cm³/mol. The number of benzene rings is 1. The number of sulfonamides is 1. The van der Waals surface area contributed by atoms with Crippen molar-refractivity contribution in [1.29, 1.82) is 0 Å². The highest BCUT2D eigenvalue weighted by molar-refractivity contribution is 7.89. The maximum atomic E-state index is 12.3. The summed E-state index contributed by atoms with van der Waals surface area (Å²) in [6.45, 7) is 4.29. The number of aliphatic hydroxyl groups excluding tert-OH is 1. The van der Waals surface area contributed by atoms with Gasteiger partial charge >= 0.3 is 0 Å². The Kier molecular flexibility index (Phi) is 6.13. The van der Waals surface area contributed by atoms with Crippen molar-refractivity contribution in [2.45, 2.75) is 37.3 Å². The van der Waals surface area contributed by atoms with Crippen LogP contribution in [0.4, 0.5) is 0 Å². The molecule has 0 saturated carbocycles. The standard InChI is InChI=1S/C14H24N2O3S/c1-5-14(17)12-7-6-8-13(9-12)20(18,19)15-11(2)10-16(3)4/h6-9,11,14-15,17H,5,10H2,1-4H3. The Morgan fingerprint density at radius 2 is 2.00 bits per heavy atom. The van der Waals surface area contributed by atoms with Crippen molar-refractivity contribution in [2.24, 2.45) is 0 Å². The number of rotatable bonds is 7. The predicted octanol–water partition coefficient (Wildman–Crippen LogP) is 1.36. The monoisotopic (exact) mass is 300 g/mol. The largest absolute Gasteiger partial charge is 0.388 e. The van der Waals surface area contributed by atoms with Crippen LogP contribution in [-0.4, -0.2) is 45.1 Å². The number of likely N-dealkylation sites (N-methyl/N-ethyl adjacent to an activating group) is 1. The third-order valence-electron chi connectivity index (χ3n) is 2.94. The van der Waals surface area contributed by atoms with Crippen LogP contribution in [0.1, 0.15) is 31.9 Å². The molecule has 1 aromatic carbocycles. The Hall–Kier alpha value is -0.950. The minimum atomic E-state index is -3.56. The fraction of sp³-hybridized carbons (Fsp3) is 0.571. The lowest BCUT2D eigenvalue weighted by atomic mass is 10.1. The van der Waals surface area contributed by atoms with Gasteiger partial charge in [-0.15, -0.1) is 0 Å². The Labute approximate surface area is 121 Å². The van der Waals surface area contributed by atoms with E-state index in [1.54, 1.807) is 12.1 Å². The van der Waals surface area contributed by atoms with Gasteiger partial charge in [0.2, 0.25) is 10.0 Å². The van der Waals surface area contributed by atoms with Gasteiger partial charge in [-0.1, -0.05) is 19.1 Å². The van der Waals surface area contributed by atoms with Crippen molar-refractivity contribution < 1.29 is 13.5 Å². The van der Waals surface area contributed by atoms with Crippen LogP contribution in [0.25, 0.3) is 0 Å². The maximum absolute atomic E-state index is 12.3.